The molecule has 5 heteroatoms. The number of carboxylic acid groups (broad SMARTS) is 1. The minimum absolute atomic E-state index is 0.151. The highest BCUT2D eigenvalue weighted by atomic mass is 16.5. The number of nitrogens with zero attached hydrogens (tertiary/aromatic N) is 1. The molecule has 1 heterocycles. The molecule has 0 aromatic heterocycles. The Bertz CT molecular complexity index is 476. The lowest BCUT2D eigenvalue weighted by Gasteiger charge is -2.40. The van der Waals surface area contributed by atoms with Gasteiger partial charge in [0.25, 0.3) is 0 Å². The molecule has 2 unspecified atom stereocenters. The number of carboxylic acids is 1. The molecule has 1 aromatic carbocycles. The van der Waals surface area contributed by atoms with Gasteiger partial charge in [0.05, 0.1) is 24.3 Å². The van der Waals surface area contributed by atoms with Crippen molar-refractivity contribution in [3.8, 4) is 0 Å². The van der Waals surface area contributed by atoms with E-state index in [4.69, 9.17) is 15.6 Å². The molecule has 104 valence electrons. The molecule has 0 radical (unpaired) electrons. The maximum Gasteiger partial charge on any atom is 0.337 e. The zero-order valence-corrected chi connectivity index (χ0v) is 11.3. The van der Waals surface area contributed by atoms with Gasteiger partial charge in [0, 0.05) is 17.9 Å². The molecule has 1 saturated heterocycles. The first kappa shape index (κ1) is 13.7. The number of nitrogens with two attached hydrogens (primary N) is 1. The molecule has 0 bridgehead atoms. The lowest BCUT2D eigenvalue weighted by atomic mass is 10.1. The van der Waals surface area contributed by atoms with E-state index in [0.717, 1.165) is 18.7 Å². The quantitative estimate of drug-likeness (QED) is 0.816. The fourth-order valence-corrected chi connectivity index (χ4v) is 2.42. The van der Waals surface area contributed by atoms with E-state index in [0.29, 0.717) is 18.3 Å². The highest BCUT2D eigenvalue weighted by Crippen LogP contribution is 2.27. The molecule has 0 spiro atoms. The van der Waals surface area contributed by atoms with Gasteiger partial charge in [0.1, 0.15) is 0 Å². The SMILES string of the molecule is CCC1COC(C)CN1c1ccc(C(=O)O)c(N)c1. The summed E-state index contributed by atoms with van der Waals surface area (Å²) in [4.78, 5) is 13.2. The van der Waals surface area contributed by atoms with Crippen LogP contribution in [-0.2, 0) is 4.74 Å². The number of rotatable bonds is 3. The molecule has 2 rings (SSSR count). The van der Waals surface area contributed by atoms with E-state index in [-0.39, 0.29) is 11.7 Å². The third-order valence-electron chi connectivity index (χ3n) is 3.54. The van der Waals surface area contributed by atoms with E-state index in [1.54, 1.807) is 12.1 Å². The monoisotopic (exact) mass is 264 g/mol. The van der Waals surface area contributed by atoms with E-state index in [9.17, 15) is 4.79 Å². The molecular weight excluding hydrogens is 244 g/mol. The Morgan fingerprint density at radius 2 is 2.32 bits per heavy atom. The number of benzene rings is 1. The average Bonchev–Trinajstić information content (AvgIpc) is 2.38. The van der Waals surface area contributed by atoms with Crippen LogP contribution in [0.5, 0.6) is 0 Å². The molecule has 1 aliphatic rings. The van der Waals surface area contributed by atoms with Crippen molar-refractivity contribution in [1.82, 2.24) is 0 Å². The van der Waals surface area contributed by atoms with E-state index in [1.807, 2.05) is 13.0 Å². The Morgan fingerprint density at radius 1 is 1.58 bits per heavy atom. The first-order valence-corrected chi connectivity index (χ1v) is 6.54. The van der Waals surface area contributed by atoms with Crippen LogP contribution in [0.1, 0.15) is 30.6 Å². The highest BCUT2D eigenvalue weighted by Gasteiger charge is 2.26. The summed E-state index contributed by atoms with van der Waals surface area (Å²) >= 11 is 0. The maximum atomic E-state index is 11.0. The minimum atomic E-state index is -0.994. The van der Waals surface area contributed by atoms with Crippen LogP contribution in [0.4, 0.5) is 11.4 Å². The van der Waals surface area contributed by atoms with Gasteiger partial charge in [-0.2, -0.15) is 0 Å². The molecule has 0 saturated carbocycles. The fourth-order valence-electron chi connectivity index (χ4n) is 2.42. The summed E-state index contributed by atoms with van der Waals surface area (Å²) in [5.41, 5.74) is 7.23. The van der Waals surface area contributed by atoms with Crippen molar-refractivity contribution in [2.45, 2.75) is 32.4 Å². The lowest BCUT2D eigenvalue weighted by molar-refractivity contribution is 0.0299. The van der Waals surface area contributed by atoms with Gasteiger partial charge in [-0.25, -0.2) is 4.79 Å². The molecule has 1 fully saturated rings. The largest absolute Gasteiger partial charge is 0.478 e. The van der Waals surface area contributed by atoms with Crippen molar-refractivity contribution >= 4 is 17.3 Å². The molecule has 5 nitrogen and oxygen atoms in total. The van der Waals surface area contributed by atoms with Gasteiger partial charge in [0.15, 0.2) is 0 Å². The van der Waals surface area contributed by atoms with Crippen LogP contribution in [0.15, 0.2) is 18.2 Å². The number of nitrogen functional groups attached to an aromatic ring is 1. The molecule has 0 amide bonds. The molecule has 1 aliphatic heterocycles. The molecule has 1 aromatic rings. The number of carbonyl (C=O) groups is 1. The van der Waals surface area contributed by atoms with Crippen LogP contribution in [-0.4, -0.2) is 36.4 Å². The molecule has 0 aliphatic carbocycles. The van der Waals surface area contributed by atoms with Gasteiger partial charge in [-0.3, -0.25) is 0 Å². The number of hydrogen-bond donors (Lipinski definition) is 2. The summed E-state index contributed by atoms with van der Waals surface area (Å²) in [6, 6.07) is 5.44. The predicted molar refractivity (Wildman–Crippen MR) is 74.7 cm³/mol. The van der Waals surface area contributed by atoms with E-state index in [1.165, 1.54) is 0 Å². The van der Waals surface area contributed by atoms with Crippen molar-refractivity contribution in [3.63, 3.8) is 0 Å². The van der Waals surface area contributed by atoms with Crippen molar-refractivity contribution < 1.29 is 14.6 Å². The number of aromatic carboxylic acids is 1. The van der Waals surface area contributed by atoms with Crippen LogP contribution >= 0.6 is 0 Å². The summed E-state index contributed by atoms with van der Waals surface area (Å²) in [6.07, 6.45) is 1.15. The number of morpholine rings is 1. The Balaban J connectivity index is 2.29. The van der Waals surface area contributed by atoms with E-state index < -0.39 is 5.97 Å². The molecule has 19 heavy (non-hydrogen) atoms. The summed E-state index contributed by atoms with van der Waals surface area (Å²) in [5.74, 6) is -0.994. The average molecular weight is 264 g/mol. The first-order valence-electron chi connectivity index (χ1n) is 6.54. The van der Waals surface area contributed by atoms with Crippen LogP contribution < -0.4 is 10.6 Å². The number of anilines is 2. The van der Waals surface area contributed by atoms with Crippen molar-refractivity contribution in [2.24, 2.45) is 0 Å². The zero-order chi connectivity index (χ0) is 14.0. The Labute approximate surface area is 113 Å². The minimum Gasteiger partial charge on any atom is -0.478 e. The third-order valence-corrected chi connectivity index (χ3v) is 3.54. The van der Waals surface area contributed by atoms with Crippen molar-refractivity contribution in [1.29, 1.82) is 0 Å². The first-order chi connectivity index (χ1) is 9.02. The molecular formula is C14H20N2O3. The summed E-state index contributed by atoms with van der Waals surface area (Å²) in [5, 5.41) is 8.99. The second-order valence-electron chi connectivity index (χ2n) is 4.94. The number of hydrogen-bond acceptors (Lipinski definition) is 4. The van der Waals surface area contributed by atoms with Gasteiger partial charge in [-0.15, -0.1) is 0 Å². The Hall–Kier alpha value is -1.75. The Morgan fingerprint density at radius 3 is 2.89 bits per heavy atom. The standard InChI is InChI=1S/C14H20N2O3/c1-3-10-8-19-9(2)7-16(10)11-4-5-12(14(17)18)13(15)6-11/h4-6,9-10H,3,7-8,15H2,1-2H3,(H,17,18). The zero-order valence-electron chi connectivity index (χ0n) is 11.3. The second kappa shape index (κ2) is 5.48. The van der Waals surface area contributed by atoms with Crippen molar-refractivity contribution in [2.75, 3.05) is 23.8 Å². The van der Waals surface area contributed by atoms with Crippen molar-refractivity contribution in [3.05, 3.63) is 23.8 Å². The summed E-state index contributed by atoms with van der Waals surface area (Å²) < 4.78 is 5.66. The summed E-state index contributed by atoms with van der Waals surface area (Å²) in [6.45, 7) is 5.64. The third kappa shape index (κ3) is 2.81. The van der Waals surface area contributed by atoms with Gasteiger partial charge in [-0.05, 0) is 31.5 Å². The highest BCUT2D eigenvalue weighted by molar-refractivity contribution is 5.94. The number of ether oxygens (including phenoxy) is 1. The second-order valence-corrected chi connectivity index (χ2v) is 4.94. The van der Waals surface area contributed by atoms with Gasteiger partial charge < -0.3 is 20.5 Å². The predicted octanol–water partition coefficient (Wildman–Crippen LogP) is 1.97. The van der Waals surface area contributed by atoms with Gasteiger partial charge >= 0.3 is 5.97 Å². The van der Waals surface area contributed by atoms with Crippen LogP contribution in [0.2, 0.25) is 0 Å². The van der Waals surface area contributed by atoms with Crippen LogP contribution in [0.25, 0.3) is 0 Å². The maximum absolute atomic E-state index is 11.0. The lowest BCUT2D eigenvalue weighted by Crippen LogP contribution is -2.48. The van der Waals surface area contributed by atoms with Crippen LogP contribution in [0, 0.1) is 0 Å². The van der Waals surface area contributed by atoms with Crippen LogP contribution in [0.3, 0.4) is 0 Å². The van der Waals surface area contributed by atoms with E-state index >= 15 is 0 Å². The Kier molecular flexibility index (Phi) is 3.95. The van der Waals surface area contributed by atoms with E-state index in [2.05, 4.69) is 11.8 Å². The van der Waals surface area contributed by atoms with Gasteiger partial charge in [0.2, 0.25) is 0 Å². The molecule has 3 N–H and O–H groups in total. The van der Waals surface area contributed by atoms with Gasteiger partial charge in [-0.1, -0.05) is 6.92 Å². The smallest absolute Gasteiger partial charge is 0.337 e. The summed E-state index contributed by atoms with van der Waals surface area (Å²) in [7, 11) is 0. The topological polar surface area (TPSA) is 75.8 Å². The fraction of sp³-hybridized carbons (Fsp3) is 0.500. The molecule has 2 atom stereocenters. The normalized spacial score (nSPS) is 23.4.